The van der Waals surface area contributed by atoms with Crippen molar-refractivity contribution in [2.45, 2.75) is 37.2 Å². The van der Waals surface area contributed by atoms with Gasteiger partial charge in [0, 0.05) is 36.5 Å². The molecule has 5 nitrogen and oxygen atoms in total. The van der Waals surface area contributed by atoms with Crippen molar-refractivity contribution in [1.82, 2.24) is 15.2 Å². The Morgan fingerprint density at radius 3 is 3.18 bits per heavy atom. The van der Waals surface area contributed by atoms with E-state index in [9.17, 15) is 14.3 Å². The van der Waals surface area contributed by atoms with Gasteiger partial charge in [0.15, 0.2) is 5.60 Å². The van der Waals surface area contributed by atoms with Gasteiger partial charge in [-0.25, -0.2) is 9.37 Å². The summed E-state index contributed by atoms with van der Waals surface area (Å²) < 4.78 is 13.7. The van der Waals surface area contributed by atoms with E-state index in [-0.39, 0.29) is 11.9 Å². The van der Waals surface area contributed by atoms with Crippen LogP contribution in [-0.2, 0) is 11.3 Å². The largest absolute Gasteiger partial charge is 0.379 e. The number of likely N-dealkylation sites (tertiary alicyclic amines) is 1. The van der Waals surface area contributed by atoms with Crippen LogP contribution in [0, 0.1) is 0 Å². The lowest BCUT2D eigenvalue weighted by atomic mass is 10.0. The topological polar surface area (TPSA) is 65.5 Å². The number of hydrogen-bond acceptors (Lipinski definition) is 6. The zero-order valence-electron chi connectivity index (χ0n) is 12.2. The van der Waals surface area contributed by atoms with Gasteiger partial charge in [-0.3, -0.25) is 9.69 Å². The molecule has 3 heterocycles. The fraction of sp³-hybridized carbons (Fsp3) is 0.714. The predicted octanol–water partition coefficient (Wildman–Crippen LogP) is 1.04. The highest BCUT2D eigenvalue weighted by atomic mass is 32.2. The second-order valence-corrected chi connectivity index (χ2v) is 7.97. The summed E-state index contributed by atoms with van der Waals surface area (Å²) in [4.78, 5) is 18.4. The second-order valence-electron chi connectivity index (χ2n) is 5.89. The maximum Gasteiger partial charge on any atom is 0.252 e. The first kappa shape index (κ1) is 16.2. The minimum atomic E-state index is -1.25. The van der Waals surface area contributed by atoms with Crippen molar-refractivity contribution in [3.63, 3.8) is 0 Å². The monoisotopic (exact) mass is 345 g/mol. The van der Waals surface area contributed by atoms with Crippen LogP contribution in [0.15, 0.2) is 11.6 Å². The van der Waals surface area contributed by atoms with Crippen molar-refractivity contribution < 1.29 is 14.3 Å². The molecule has 0 unspecified atom stereocenters. The van der Waals surface area contributed by atoms with E-state index in [1.54, 1.807) is 29.3 Å². The molecule has 2 aliphatic heterocycles. The maximum atomic E-state index is 13.7. The summed E-state index contributed by atoms with van der Waals surface area (Å²) in [5.41, 5.74) is -1.25. The van der Waals surface area contributed by atoms with Crippen LogP contribution in [0.5, 0.6) is 0 Å². The highest BCUT2D eigenvalue weighted by Gasteiger charge is 2.40. The van der Waals surface area contributed by atoms with Crippen LogP contribution in [0.4, 0.5) is 4.39 Å². The third-order valence-corrected chi connectivity index (χ3v) is 6.16. The molecule has 1 amide bonds. The fourth-order valence-corrected chi connectivity index (χ4v) is 4.82. The van der Waals surface area contributed by atoms with E-state index in [4.69, 9.17) is 0 Å². The molecule has 0 radical (unpaired) electrons. The number of nitrogens with zero attached hydrogens (tertiary/aromatic N) is 2. The minimum Gasteiger partial charge on any atom is -0.379 e. The van der Waals surface area contributed by atoms with Crippen molar-refractivity contribution in [2.24, 2.45) is 0 Å². The predicted molar refractivity (Wildman–Crippen MR) is 85.7 cm³/mol. The van der Waals surface area contributed by atoms with Crippen LogP contribution < -0.4 is 5.32 Å². The Bertz CT molecular complexity index is 508. The van der Waals surface area contributed by atoms with Crippen LogP contribution >= 0.6 is 23.1 Å². The van der Waals surface area contributed by atoms with Crippen molar-refractivity contribution in [3.05, 3.63) is 16.6 Å². The number of aliphatic hydroxyl groups is 1. The van der Waals surface area contributed by atoms with E-state index >= 15 is 0 Å². The molecule has 2 N–H and O–H groups in total. The Morgan fingerprint density at radius 2 is 2.50 bits per heavy atom. The van der Waals surface area contributed by atoms with Gasteiger partial charge in [-0.2, -0.15) is 11.8 Å². The fourth-order valence-electron chi connectivity index (χ4n) is 2.94. The van der Waals surface area contributed by atoms with Crippen LogP contribution in [0.3, 0.4) is 0 Å². The molecule has 0 saturated carbocycles. The molecule has 2 fully saturated rings. The molecule has 22 heavy (non-hydrogen) atoms. The second kappa shape index (κ2) is 6.82. The summed E-state index contributed by atoms with van der Waals surface area (Å²) in [5.74, 6) is 0.919. The lowest BCUT2D eigenvalue weighted by Crippen LogP contribution is -2.50. The highest BCUT2D eigenvalue weighted by molar-refractivity contribution is 7.99. The number of carbonyl (C=O) groups is 1. The van der Waals surface area contributed by atoms with Gasteiger partial charge in [-0.05, 0) is 18.6 Å². The van der Waals surface area contributed by atoms with Crippen molar-refractivity contribution in [1.29, 1.82) is 0 Å². The summed E-state index contributed by atoms with van der Waals surface area (Å²) >= 11 is 3.13. The van der Waals surface area contributed by atoms with Crippen LogP contribution in [0.25, 0.3) is 0 Å². The molecule has 3 atom stereocenters. The van der Waals surface area contributed by atoms with Crippen molar-refractivity contribution >= 4 is 29.0 Å². The van der Waals surface area contributed by atoms with Crippen LogP contribution in [0.1, 0.15) is 17.8 Å². The number of rotatable bonds is 5. The van der Waals surface area contributed by atoms with E-state index in [0.717, 1.165) is 10.8 Å². The Kier molecular flexibility index (Phi) is 5.01. The number of thioether (sulfide) groups is 1. The normalized spacial score (nSPS) is 32.5. The number of hydrogen-bond donors (Lipinski definition) is 2. The Hall–Kier alpha value is -0.700. The van der Waals surface area contributed by atoms with Gasteiger partial charge in [0.05, 0.1) is 6.54 Å². The summed E-state index contributed by atoms with van der Waals surface area (Å²) in [5, 5.41) is 15.9. The van der Waals surface area contributed by atoms with E-state index < -0.39 is 11.8 Å². The third-order valence-electron chi connectivity index (χ3n) is 4.22. The number of amides is 1. The van der Waals surface area contributed by atoms with E-state index in [1.165, 1.54) is 0 Å². The van der Waals surface area contributed by atoms with Crippen molar-refractivity contribution in [2.75, 3.05) is 24.6 Å². The van der Waals surface area contributed by atoms with Crippen LogP contribution in [0.2, 0.25) is 0 Å². The van der Waals surface area contributed by atoms with Gasteiger partial charge < -0.3 is 10.4 Å². The summed E-state index contributed by atoms with van der Waals surface area (Å²) in [6.45, 7) is 1.36. The van der Waals surface area contributed by atoms with E-state index in [2.05, 4.69) is 10.3 Å². The van der Waals surface area contributed by atoms with Gasteiger partial charge in [0.1, 0.15) is 11.2 Å². The zero-order valence-corrected chi connectivity index (χ0v) is 13.8. The SMILES string of the molecule is O=C(NC[C@@H]1C[C@H](F)CN1Cc1nccs1)[C@@]1(O)CCSC1. The average Bonchev–Trinajstić information content (AvgIpc) is 3.20. The van der Waals surface area contributed by atoms with E-state index in [0.29, 0.717) is 38.2 Å². The van der Waals surface area contributed by atoms with Crippen LogP contribution in [-0.4, -0.2) is 63.3 Å². The smallest absolute Gasteiger partial charge is 0.252 e. The molecule has 3 rings (SSSR count). The molecule has 0 aromatic carbocycles. The molecule has 2 aliphatic rings. The number of aromatic nitrogens is 1. The molecule has 8 heteroatoms. The standard InChI is InChI=1S/C14H20FN3O2S2/c15-10-5-11(18(7-10)8-12-16-2-4-22-12)6-17-13(19)14(20)1-3-21-9-14/h2,4,10-11,20H,1,3,5-9H2,(H,17,19)/t10-,11-,14+/m0/s1. The van der Waals surface area contributed by atoms with Gasteiger partial charge in [-0.1, -0.05) is 0 Å². The Labute approximate surface area is 137 Å². The van der Waals surface area contributed by atoms with Gasteiger partial charge in [-0.15, -0.1) is 11.3 Å². The third kappa shape index (κ3) is 3.61. The molecular weight excluding hydrogens is 325 g/mol. The van der Waals surface area contributed by atoms with Gasteiger partial charge in [0.2, 0.25) is 0 Å². The lowest BCUT2D eigenvalue weighted by Gasteiger charge is -2.26. The Morgan fingerprint density at radius 1 is 1.64 bits per heavy atom. The van der Waals surface area contributed by atoms with Gasteiger partial charge >= 0.3 is 0 Å². The van der Waals surface area contributed by atoms with Crippen molar-refractivity contribution in [3.8, 4) is 0 Å². The number of thiazole rings is 1. The number of alkyl halides is 1. The summed E-state index contributed by atoms with van der Waals surface area (Å²) in [6, 6.07) is -0.0412. The number of nitrogens with one attached hydrogen (secondary N) is 1. The molecule has 0 aliphatic carbocycles. The van der Waals surface area contributed by atoms with E-state index in [1.807, 2.05) is 10.3 Å². The first-order valence-electron chi connectivity index (χ1n) is 7.42. The summed E-state index contributed by atoms with van der Waals surface area (Å²) in [6.07, 6.45) is 1.78. The summed E-state index contributed by atoms with van der Waals surface area (Å²) in [7, 11) is 0. The maximum absolute atomic E-state index is 13.7. The van der Waals surface area contributed by atoms with Gasteiger partial charge in [0.25, 0.3) is 5.91 Å². The average molecular weight is 345 g/mol. The number of halogens is 1. The minimum absolute atomic E-state index is 0.0412. The number of carbonyl (C=O) groups excluding carboxylic acids is 1. The molecule has 122 valence electrons. The first-order valence-corrected chi connectivity index (χ1v) is 9.45. The quantitative estimate of drug-likeness (QED) is 0.835. The molecule has 0 bridgehead atoms. The molecule has 1 aromatic rings. The highest BCUT2D eigenvalue weighted by Crippen LogP contribution is 2.28. The zero-order chi connectivity index (χ0) is 15.6. The first-order chi connectivity index (χ1) is 10.6. The molecular formula is C14H20FN3O2S2. The molecule has 1 aromatic heterocycles. The lowest BCUT2D eigenvalue weighted by molar-refractivity contribution is -0.137. The molecule has 0 spiro atoms. The Balaban J connectivity index is 1.54. The molecule has 2 saturated heterocycles.